The lowest BCUT2D eigenvalue weighted by atomic mass is 10.00. The quantitative estimate of drug-likeness (QED) is 0.518. The van der Waals surface area contributed by atoms with E-state index >= 15 is 0 Å². The summed E-state index contributed by atoms with van der Waals surface area (Å²) in [6, 6.07) is 15.8. The smallest absolute Gasteiger partial charge is 0.231 e. The highest BCUT2D eigenvalue weighted by Gasteiger charge is 2.15. The molecule has 2 aromatic carbocycles. The lowest BCUT2D eigenvalue weighted by Crippen LogP contribution is -2.34. The third kappa shape index (κ3) is 6.16. The molecule has 0 unspecified atom stereocenters. The van der Waals surface area contributed by atoms with Gasteiger partial charge < -0.3 is 10.6 Å². The minimum atomic E-state index is -3.30. The van der Waals surface area contributed by atoms with E-state index < -0.39 is 10.0 Å². The second kappa shape index (κ2) is 9.56. The largest absolute Gasteiger partial charge is 0.362 e. The van der Waals surface area contributed by atoms with E-state index in [1.54, 1.807) is 18.2 Å². The Balaban J connectivity index is 1.42. The summed E-state index contributed by atoms with van der Waals surface area (Å²) in [7, 11) is -1.76. The van der Waals surface area contributed by atoms with Gasteiger partial charge in [0.25, 0.3) is 0 Å². The zero-order valence-corrected chi connectivity index (χ0v) is 18.5. The SMILES string of the molecule is CN(c1cccc(NC(=S)NCCCN2CCc3ccccc3C2)c1)S(C)(=O)=O. The molecular formula is C21H28N4O2S2. The summed E-state index contributed by atoms with van der Waals surface area (Å²) in [6.45, 7) is 3.92. The number of hydrogen-bond acceptors (Lipinski definition) is 4. The summed E-state index contributed by atoms with van der Waals surface area (Å²) >= 11 is 5.37. The second-order valence-corrected chi connectivity index (χ2v) is 9.73. The van der Waals surface area contributed by atoms with Gasteiger partial charge in [-0.3, -0.25) is 9.21 Å². The summed E-state index contributed by atoms with van der Waals surface area (Å²) in [5.74, 6) is 0. The average molecular weight is 433 g/mol. The summed E-state index contributed by atoms with van der Waals surface area (Å²) in [5.41, 5.74) is 4.24. The van der Waals surface area contributed by atoms with Crippen LogP contribution in [0.4, 0.5) is 11.4 Å². The van der Waals surface area contributed by atoms with Crippen LogP contribution in [0.1, 0.15) is 17.5 Å². The first-order valence-corrected chi connectivity index (χ1v) is 12.0. The van der Waals surface area contributed by atoms with Crippen LogP contribution in [0.5, 0.6) is 0 Å². The monoisotopic (exact) mass is 432 g/mol. The molecule has 1 aliphatic heterocycles. The fraction of sp³-hybridized carbons (Fsp3) is 0.381. The van der Waals surface area contributed by atoms with Crippen molar-refractivity contribution >= 4 is 38.7 Å². The van der Waals surface area contributed by atoms with Gasteiger partial charge in [-0.15, -0.1) is 0 Å². The Morgan fingerprint density at radius 3 is 2.69 bits per heavy atom. The number of fused-ring (bicyclic) bond motifs is 1. The molecular weight excluding hydrogens is 404 g/mol. The maximum absolute atomic E-state index is 11.7. The molecule has 29 heavy (non-hydrogen) atoms. The van der Waals surface area contributed by atoms with Gasteiger partial charge in [0.2, 0.25) is 10.0 Å². The predicted molar refractivity (Wildman–Crippen MR) is 124 cm³/mol. The molecule has 156 valence electrons. The molecule has 8 heteroatoms. The first-order valence-electron chi connectivity index (χ1n) is 9.71. The Labute approximate surface area is 179 Å². The van der Waals surface area contributed by atoms with Crippen LogP contribution in [-0.4, -0.2) is 51.4 Å². The van der Waals surface area contributed by atoms with Gasteiger partial charge in [-0.25, -0.2) is 8.42 Å². The molecule has 6 nitrogen and oxygen atoms in total. The van der Waals surface area contributed by atoms with Crippen molar-refractivity contribution < 1.29 is 8.42 Å². The molecule has 0 saturated heterocycles. The first-order chi connectivity index (χ1) is 13.8. The molecule has 0 radical (unpaired) electrons. The van der Waals surface area contributed by atoms with Crippen molar-refractivity contribution in [2.24, 2.45) is 0 Å². The van der Waals surface area contributed by atoms with Crippen LogP contribution < -0.4 is 14.9 Å². The summed E-state index contributed by atoms with van der Waals surface area (Å²) < 4.78 is 24.6. The normalized spacial score (nSPS) is 14.1. The lowest BCUT2D eigenvalue weighted by Gasteiger charge is -2.28. The molecule has 3 rings (SSSR count). The van der Waals surface area contributed by atoms with E-state index in [1.807, 2.05) is 6.07 Å². The van der Waals surface area contributed by atoms with Gasteiger partial charge in [0, 0.05) is 38.9 Å². The minimum absolute atomic E-state index is 0.535. The zero-order valence-electron chi connectivity index (χ0n) is 16.9. The van der Waals surface area contributed by atoms with Crippen LogP contribution in [0.3, 0.4) is 0 Å². The standard InChI is InChI=1S/C21H28N4O2S2/c1-24(29(2,26)27)20-10-5-9-19(15-20)23-21(28)22-12-6-13-25-14-11-17-7-3-4-8-18(17)16-25/h3-5,7-10,15H,6,11-14,16H2,1-2H3,(H2,22,23,28). The highest BCUT2D eigenvalue weighted by molar-refractivity contribution is 7.92. The molecule has 0 aromatic heterocycles. The van der Waals surface area contributed by atoms with Gasteiger partial charge in [-0.1, -0.05) is 30.3 Å². The molecule has 1 aliphatic rings. The second-order valence-electron chi connectivity index (χ2n) is 7.31. The van der Waals surface area contributed by atoms with Crippen LogP contribution >= 0.6 is 12.2 Å². The Kier molecular flexibility index (Phi) is 7.10. The van der Waals surface area contributed by atoms with E-state index in [9.17, 15) is 8.42 Å². The van der Waals surface area contributed by atoms with E-state index in [-0.39, 0.29) is 0 Å². The molecule has 0 amide bonds. The molecule has 0 atom stereocenters. The number of thiocarbonyl (C=S) groups is 1. The van der Waals surface area contributed by atoms with E-state index in [0.717, 1.165) is 44.7 Å². The Hall–Kier alpha value is -2.16. The maximum atomic E-state index is 11.7. The number of nitrogens with one attached hydrogen (secondary N) is 2. The molecule has 2 aromatic rings. The van der Waals surface area contributed by atoms with Crippen molar-refractivity contribution in [3.63, 3.8) is 0 Å². The third-order valence-electron chi connectivity index (χ3n) is 5.11. The summed E-state index contributed by atoms with van der Waals surface area (Å²) in [6.07, 6.45) is 3.29. The third-order valence-corrected chi connectivity index (χ3v) is 6.56. The van der Waals surface area contributed by atoms with Crippen LogP contribution in [0.25, 0.3) is 0 Å². The van der Waals surface area contributed by atoms with Gasteiger partial charge in [0.1, 0.15) is 0 Å². The highest BCUT2D eigenvalue weighted by atomic mass is 32.2. The Morgan fingerprint density at radius 2 is 1.93 bits per heavy atom. The van der Waals surface area contributed by atoms with Crippen molar-refractivity contribution in [2.75, 3.05) is 42.6 Å². The lowest BCUT2D eigenvalue weighted by molar-refractivity contribution is 0.251. The van der Waals surface area contributed by atoms with Crippen LogP contribution in [0.2, 0.25) is 0 Å². The van der Waals surface area contributed by atoms with Crippen molar-refractivity contribution in [1.29, 1.82) is 0 Å². The van der Waals surface area contributed by atoms with Crippen molar-refractivity contribution in [1.82, 2.24) is 10.2 Å². The predicted octanol–water partition coefficient (Wildman–Crippen LogP) is 2.82. The molecule has 0 spiro atoms. The molecule has 0 saturated carbocycles. The number of hydrogen-bond donors (Lipinski definition) is 2. The molecule has 0 aliphatic carbocycles. The molecule has 1 heterocycles. The van der Waals surface area contributed by atoms with Gasteiger partial charge in [0.15, 0.2) is 5.11 Å². The minimum Gasteiger partial charge on any atom is -0.362 e. The van der Waals surface area contributed by atoms with Gasteiger partial charge in [-0.05, 0) is 54.4 Å². The Morgan fingerprint density at radius 1 is 1.17 bits per heavy atom. The molecule has 0 fully saturated rings. The average Bonchev–Trinajstić information content (AvgIpc) is 2.70. The first kappa shape index (κ1) is 21.5. The number of anilines is 2. The van der Waals surface area contributed by atoms with Gasteiger partial charge >= 0.3 is 0 Å². The Bertz CT molecular complexity index is 963. The summed E-state index contributed by atoms with van der Waals surface area (Å²) in [4.78, 5) is 2.48. The highest BCUT2D eigenvalue weighted by Crippen LogP contribution is 2.20. The number of sulfonamides is 1. The zero-order chi connectivity index (χ0) is 20.9. The van der Waals surface area contributed by atoms with E-state index in [1.165, 1.54) is 28.7 Å². The number of rotatable bonds is 7. The van der Waals surface area contributed by atoms with E-state index in [4.69, 9.17) is 12.2 Å². The fourth-order valence-electron chi connectivity index (χ4n) is 3.40. The molecule has 0 bridgehead atoms. The van der Waals surface area contributed by atoms with Gasteiger partial charge in [0.05, 0.1) is 11.9 Å². The van der Waals surface area contributed by atoms with Crippen LogP contribution in [0.15, 0.2) is 48.5 Å². The van der Waals surface area contributed by atoms with Crippen LogP contribution in [-0.2, 0) is 23.0 Å². The maximum Gasteiger partial charge on any atom is 0.231 e. The topological polar surface area (TPSA) is 64.7 Å². The van der Waals surface area contributed by atoms with Crippen molar-refractivity contribution in [3.05, 3.63) is 59.7 Å². The molecule has 2 N–H and O–H groups in total. The van der Waals surface area contributed by atoms with Crippen LogP contribution in [0, 0.1) is 0 Å². The van der Waals surface area contributed by atoms with Crippen molar-refractivity contribution in [3.8, 4) is 0 Å². The van der Waals surface area contributed by atoms with Gasteiger partial charge in [-0.2, -0.15) is 0 Å². The number of nitrogens with zero attached hydrogens (tertiary/aromatic N) is 2. The van der Waals surface area contributed by atoms with Crippen molar-refractivity contribution in [2.45, 2.75) is 19.4 Å². The van der Waals surface area contributed by atoms with E-state index in [2.05, 4.69) is 39.8 Å². The summed E-state index contributed by atoms with van der Waals surface area (Å²) in [5, 5.41) is 6.89. The van der Waals surface area contributed by atoms with E-state index in [0.29, 0.717) is 10.8 Å². The fourth-order valence-corrected chi connectivity index (χ4v) is 4.11. The number of benzene rings is 2.